The van der Waals surface area contributed by atoms with Crippen LogP contribution in [0.2, 0.25) is 0 Å². The van der Waals surface area contributed by atoms with Gasteiger partial charge in [-0.1, -0.05) is 12.1 Å². The van der Waals surface area contributed by atoms with E-state index in [0.717, 1.165) is 11.3 Å². The maximum atomic E-state index is 12.9. The SMILES string of the molecule is Cc1nn(C)c(C)c1C(=O)N[C@H](C)c1ccc(F)cc1. The highest BCUT2D eigenvalue weighted by Crippen LogP contribution is 2.16. The van der Waals surface area contributed by atoms with Gasteiger partial charge in [0, 0.05) is 12.7 Å². The van der Waals surface area contributed by atoms with E-state index in [9.17, 15) is 9.18 Å². The second-order valence-electron chi connectivity index (χ2n) is 4.92. The van der Waals surface area contributed by atoms with Crippen molar-refractivity contribution in [2.75, 3.05) is 0 Å². The summed E-state index contributed by atoms with van der Waals surface area (Å²) in [5, 5.41) is 7.14. The molecule has 0 aliphatic rings. The molecule has 0 saturated carbocycles. The molecule has 1 atom stereocenters. The fourth-order valence-corrected chi connectivity index (χ4v) is 2.21. The molecule has 0 bridgehead atoms. The summed E-state index contributed by atoms with van der Waals surface area (Å²) in [4.78, 5) is 12.3. The average molecular weight is 275 g/mol. The average Bonchev–Trinajstić information content (AvgIpc) is 2.63. The summed E-state index contributed by atoms with van der Waals surface area (Å²) in [5.41, 5.74) is 2.99. The molecule has 0 fully saturated rings. The lowest BCUT2D eigenvalue weighted by Crippen LogP contribution is -2.27. The van der Waals surface area contributed by atoms with Crippen molar-refractivity contribution in [3.8, 4) is 0 Å². The molecule has 1 aromatic carbocycles. The van der Waals surface area contributed by atoms with Crippen molar-refractivity contribution < 1.29 is 9.18 Å². The molecule has 0 aliphatic heterocycles. The maximum Gasteiger partial charge on any atom is 0.255 e. The van der Waals surface area contributed by atoms with Crippen LogP contribution in [0.4, 0.5) is 4.39 Å². The molecule has 1 N–H and O–H groups in total. The molecule has 0 unspecified atom stereocenters. The summed E-state index contributed by atoms with van der Waals surface area (Å²) >= 11 is 0. The first-order chi connectivity index (χ1) is 9.40. The van der Waals surface area contributed by atoms with Crippen LogP contribution >= 0.6 is 0 Å². The van der Waals surface area contributed by atoms with E-state index in [4.69, 9.17) is 0 Å². The van der Waals surface area contributed by atoms with Gasteiger partial charge in [-0.3, -0.25) is 9.48 Å². The van der Waals surface area contributed by atoms with Crippen molar-refractivity contribution in [2.24, 2.45) is 7.05 Å². The first-order valence-corrected chi connectivity index (χ1v) is 6.46. The lowest BCUT2D eigenvalue weighted by atomic mass is 10.1. The Kier molecular flexibility index (Phi) is 3.88. The molecule has 0 radical (unpaired) electrons. The molecule has 1 aromatic heterocycles. The van der Waals surface area contributed by atoms with Crippen LogP contribution < -0.4 is 5.32 Å². The molecule has 0 spiro atoms. The second kappa shape index (κ2) is 5.45. The molecule has 1 amide bonds. The van der Waals surface area contributed by atoms with Crippen LogP contribution in [0.5, 0.6) is 0 Å². The number of nitrogens with zero attached hydrogens (tertiary/aromatic N) is 2. The van der Waals surface area contributed by atoms with E-state index >= 15 is 0 Å². The number of benzene rings is 1. The fraction of sp³-hybridized carbons (Fsp3) is 0.333. The van der Waals surface area contributed by atoms with Gasteiger partial charge >= 0.3 is 0 Å². The van der Waals surface area contributed by atoms with Gasteiger partial charge in [0.15, 0.2) is 0 Å². The second-order valence-corrected chi connectivity index (χ2v) is 4.92. The van der Waals surface area contributed by atoms with Crippen LogP contribution in [0.25, 0.3) is 0 Å². The topological polar surface area (TPSA) is 46.9 Å². The van der Waals surface area contributed by atoms with Crippen molar-refractivity contribution >= 4 is 5.91 Å². The summed E-state index contributed by atoms with van der Waals surface area (Å²) in [7, 11) is 1.81. The molecule has 5 heteroatoms. The van der Waals surface area contributed by atoms with Crippen molar-refractivity contribution in [1.29, 1.82) is 0 Å². The number of halogens is 1. The predicted molar refractivity (Wildman–Crippen MR) is 75.0 cm³/mol. The lowest BCUT2D eigenvalue weighted by molar-refractivity contribution is 0.0938. The number of carbonyl (C=O) groups is 1. The smallest absolute Gasteiger partial charge is 0.255 e. The first-order valence-electron chi connectivity index (χ1n) is 6.46. The third-order valence-electron chi connectivity index (χ3n) is 3.45. The number of nitrogens with one attached hydrogen (secondary N) is 1. The molecule has 0 saturated heterocycles. The quantitative estimate of drug-likeness (QED) is 0.936. The Hall–Kier alpha value is -2.17. The minimum atomic E-state index is -0.286. The van der Waals surface area contributed by atoms with Gasteiger partial charge in [-0.25, -0.2) is 4.39 Å². The van der Waals surface area contributed by atoms with Gasteiger partial charge in [-0.05, 0) is 38.5 Å². The third-order valence-corrected chi connectivity index (χ3v) is 3.45. The number of aryl methyl sites for hydroxylation is 2. The zero-order valence-corrected chi connectivity index (χ0v) is 12.1. The van der Waals surface area contributed by atoms with Crippen LogP contribution in [0.3, 0.4) is 0 Å². The molecule has 0 aliphatic carbocycles. The van der Waals surface area contributed by atoms with Crippen LogP contribution in [0, 0.1) is 19.7 Å². The Morgan fingerprint density at radius 2 is 1.90 bits per heavy atom. The van der Waals surface area contributed by atoms with Crippen LogP contribution in [0.15, 0.2) is 24.3 Å². The minimum absolute atomic E-state index is 0.162. The van der Waals surface area contributed by atoms with Crippen molar-refractivity contribution in [2.45, 2.75) is 26.8 Å². The van der Waals surface area contributed by atoms with Crippen LogP contribution in [-0.4, -0.2) is 15.7 Å². The van der Waals surface area contributed by atoms with Crippen molar-refractivity contribution in [1.82, 2.24) is 15.1 Å². The zero-order chi connectivity index (χ0) is 14.9. The zero-order valence-electron chi connectivity index (χ0n) is 12.1. The number of amides is 1. The Labute approximate surface area is 117 Å². The Balaban J connectivity index is 2.17. The van der Waals surface area contributed by atoms with Gasteiger partial charge < -0.3 is 5.32 Å². The molecule has 1 heterocycles. The largest absolute Gasteiger partial charge is 0.345 e. The van der Waals surface area contributed by atoms with Gasteiger partial charge in [-0.15, -0.1) is 0 Å². The molecule has 2 aromatic rings. The normalized spacial score (nSPS) is 12.2. The fourth-order valence-electron chi connectivity index (χ4n) is 2.21. The van der Waals surface area contributed by atoms with Gasteiger partial charge in [0.05, 0.1) is 17.3 Å². The van der Waals surface area contributed by atoms with Gasteiger partial charge in [0.1, 0.15) is 5.82 Å². The van der Waals surface area contributed by atoms with E-state index in [1.807, 2.05) is 27.8 Å². The summed E-state index contributed by atoms with van der Waals surface area (Å²) in [5.74, 6) is -0.448. The molecule has 106 valence electrons. The highest BCUT2D eigenvalue weighted by molar-refractivity contribution is 5.96. The summed E-state index contributed by atoms with van der Waals surface area (Å²) in [6, 6.07) is 5.92. The minimum Gasteiger partial charge on any atom is -0.345 e. The Morgan fingerprint density at radius 3 is 2.40 bits per heavy atom. The maximum absolute atomic E-state index is 12.9. The van der Waals surface area contributed by atoms with Crippen LogP contribution in [-0.2, 0) is 7.05 Å². The highest BCUT2D eigenvalue weighted by atomic mass is 19.1. The molecule has 4 nitrogen and oxygen atoms in total. The van der Waals surface area contributed by atoms with E-state index in [1.165, 1.54) is 12.1 Å². The number of rotatable bonds is 3. The Bertz CT molecular complexity index is 631. The summed E-state index contributed by atoms with van der Waals surface area (Å²) in [6.07, 6.45) is 0. The van der Waals surface area contributed by atoms with Crippen molar-refractivity contribution in [3.63, 3.8) is 0 Å². The summed E-state index contributed by atoms with van der Waals surface area (Å²) < 4.78 is 14.6. The van der Waals surface area contributed by atoms with E-state index in [0.29, 0.717) is 11.3 Å². The van der Waals surface area contributed by atoms with E-state index in [2.05, 4.69) is 10.4 Å². The van der Waals surface area contributed by atoms with Crippen molar-refractivity contribution in [3.05, 3.63) is 52.6 Å². The molecule has 20 heavy (non-hydrogen) atoms. The van der Waals surface area contributed by atoms with Crippen LogP contribution in [0.1, 0.15) is 40.3 Å². The third kappa shape index (κ3) is 2.71. The number of carbonyl (C=O) groups excluding carboxylic acids is 1. The number of hydrogen-bond acceptors (Lipinski definition) is 2. The Morgan fingerprint density at radius 1 is 1.30 bits per heavy atom. The molecular formula is C15H18FN3O. The highest BCUT2D eigenvalue weighted by Gasteiger charge is 2.19. The standard InChI is InChI=1S/C15H18FN3O/c1-9(12-5-7-13(16)8-6-12)17-15(20)14-10(2)18-19(4)11(14)3/h5-9H,1-4H3,(H,17,20)/t9-/m1/s1. The van der Waals surface area contributed by atoms with Gasteiger partial charge in [0.25, 0.3) is 5.91 Å². The van der Waals surface area contributed by atoms with E-state index in [1.54, 1.807) is 16.8 Å². The predicted octanol–water partition coefficient (Wildman–Crippen LogP) is 2.67. The monoisotopic (exact) mass is 275 g/mol. The van der Waals surface area contributed by atoms with Gasteiger partial charge in [-0.2, -0.15) is 5.10 Å². The number of aromatic nitrogens is 2. The first kappa shape index (κ1) is 14.2. The summed E-state index contributed by atoms with van der Waals surface area (Å²) in [6.45, 7) is 5.54. The molecular weight excluding hydrogens is 257 g/mol. The molecule has 2 rings (SSSR count). The number of hydrogen-bond donors (Lipinski definition) is 1. The van der Waals surface area contributed by atoms with E-state index in [-0.39, 0.29) is 17.8 Å². The van der Waals surface area contributed by atoms with Gasteiger partial charge in [0.2, 0.25) is 0 Å². The lowest BCUT2D eigenvalue weighted by Gasteiger charge is -2.14. The van der Waals surface area contributed by atoms with E-state index < -0.39 is 0 Å².